The molecule has 1 heterocycles. The predicted octanol–water partition coefficient (Wildman–Crippen LogP) is 2.92. The van der Waals surface area contributed by atoms with E-state index in [9.17, 15) is 26.7 Å². The second-order valence-corrected chi connectivity index (χ2v) is 8.20. The van der Waals surface area contributed by atoms with Crippen LogP contribution in [0.15, 0.2) is 46.0 Å². The van der Waals surface area contributed by atoms with E-state index in [0.717, 1.165) is 29.8 Å². The number of hydrogen-bond donors (Lipinski definition) is 2. The van der Waals surface area contributed by atoms with Crippen molar-refractivity contribution in [1.82, 2.24) is 4.72 Å². The third-order valence-electron chi connectivity index (χ3n) is 3.18. The Bertz CT molecular complexity index is 785. The van der Waals surface area contributed by atoms with Gasteiger partial charge in [-0.15, -0.1) is 13.2 Å². The average molecular weight is 395 g/mol. The van der Waals surface area contributed by atoms with Crippen LogP contribution < -0.4 is 9.46 Å². The van der Waals surface area contributed by atoms with Crippen LogP contribution in [0.1, 0.15) is 12.5 Å². The van der Waals surface area contributed by atoms with Crippen molar-refractivity contribution in [1.29, 1.82) is 0 Å². The minimum atomic E-state index is -4.85. The molecule has 1 aromatic heterocycles. The quantitative estimate of drug-likeness (QED) is 0.756. The van der Waals surface area contributed by atoms with Gasteiger partial charge in [-0.25, -0.2) is 13.1 Å². The maximum absolute atomic E-state index is 12.2. The number of rotatable bonds is 7. The van der Waals surface area contributed by atoms with Gasteiger partial charge in [0.25, 0.3) is 0 Å². The first-order chi connectivity index (χ1) is 11.5. The van der Waals surface area contributed by atoms with Crippen LogP contribution >= 0.6 is 11.3 Å². The molecule has 0 saturated carbocycles. The van der Waals surface area contributed by atoms with Gasteiger partial charge in [0, 0.05) is 13.0 Å². The van der Waals surface area contributed by atoms with E-state index in [2.05, 4.69) is 9.46 Å². The molecule has 0 saturated heterocycles. The Morgan fingerprint density at radius 1 is 1.20 bits per heavy atom. The van der Waals surface area contributed by atoms with Crippen LogP contribution in [0, 0.1) is 0 Å². The molecule has 1 aromatic carbocycles. The molecular formula is C15H16F3NO4S2. The highest BCUT2D eigenvalue weighted by molar-refractivity contribution is 7.89. The first kappa shape index (κ1) is 19.7. The van der Waals surface area contributed by atoms with Gasteiger partial charge in [0.1, 0.15) is 5.75 Å². The molecule has 0 bridgehead atoms. The molecule has 1 atom stereocenters. The van der Waals surface area contributed by atoms with Crippen LogP contribution in [0.2, 0.25) is 0 Å². The average Bonchev–Trinajstić information content (AvgIpc) is 2.96. The number of thiophene rings is 1. The number of halogens is 3. The fourth-order valence-electron chi connectivity index (χ4n) is 2.05. The fourth-order valence-corrected chi connectivity index (χ4v) is 3.88. The summed E-state index contributed by atoms with van der Waals surface area (Å²) in [7, 11) is -3.98. The maximum atomic E-state index is 12.2. The molecule has 138 valence electrons. The molecule has 0 radical (unpaired) electrons. The first-order valence-electron chi connectivity index (χ1n) is 7.06. The highest BCUT2D eigenvalue weighted by Crippen LogP contribution is 2.24. The summed E-state index contributed by atoms with van der Waals surface area (Å²) in [5.41, 5.74) is -0.434. The summed E-state index contributed by atoms with van der Waals surface area (Å²) in [5, 5.41) is 14.0. The van der Waals surface area contributed by atoms with Crippen molar-refractivity contribution in [2.45, 2.75) is 30.2 Å². The van der Waals surface area contributed by atoms with E-state index in [-0.39, 0.29) is 17.9 Å². The molecule has 25 heavy (non-hydrogen) atoms. The van der Waals surface area contributed by atoms with Crippen molar-refractivity contribution in [2.75, 3.05) is 6.54 Å². The highest BCUT2D eigenvalue weighted by atomic mass is 32.2. The van der Waals surface area contributed by atoms with Gasteiger partial charge in [0.15, 0.2) is 0 Å². The van der Waals surface area contributed by atoms with Gasteiger partial charge in [0.05, 0.1) is 10.5 Å². The molecule has 0 aliphatic heterocycles. The number of sulfonamides is 1. The van der Waals surface area contributed by atoms with Gasteiger partial charge in [-0.3, -0.25) is 0 Å². The van der Waals surface area contributed by atoms with Gasteiger partial charge >= 0.3 is 6.36 Å². The predicted molar refractivity (Wildman–Crippen MR) is 87.0 cm³/mol. The van der Waals surface area contributed by atoms with Crippen molar-refractivity contribution < 1.29 is 31.4 Å². The molecule has 0 fully saturated rings. The van der Waals surface area contributed by atoms with Crippen molar-refractivity contribution in [2.24, 2.45) is 0 Å². The topological polar surface area (TPSA) is 75.6 Å². The van der Waals surface area contributed by atoms with E-state index >= 15 is 0 Å². The zero-order chi connectivity index (χ0) is 18.7. The second kappa shape index (κ2) is 7.32. The monoisotopic (exact) mass is 395 g/mol. The number of benzene rings is 1. The van der Waals surface area contributed by atoms with Crippen molar-refractivity contribution in [3.05, 3.63) is 46.7 Å². The van der Waals surface area contributed by atoms with Crippen LogP contribution in [-0.4, -0.2) is 32.0 Å². The molecule has 2 rings (SSSR count). The van der Waals surface area contributed by atoms with E-state index in [1.165, 1.54) is 18.3 Å². The molecule has 0 aliphatic rings. The number of ether oxygens (including phenoxy) is 1. The normalized spacial score (nSPS) is 14.9. The third-order valence-corrected chi connectivity index (χ3v) is 5.32. The van der Waals surface area contributed by atoms with Crippen LogP contribution in [0.3, 0.4) is 0 Å². The number of nitrogens with one attached hydrogen (secondary N) is 1. The molecule has 0 spiro atoms. The Kier molecular flexibility index (Phi) is 5.77. The lowest BCUT2D eigenvalue weighted by Crippen LogP contribution is -2.42. The molecular weight excluding hydrogens is 379 g/mol. The maximum Gasteiger partial charge on any atom is 0.573 e. The molecule has 2 N–H and O–H groups in total. The van der Waals surface area contributed by atoms with Gasteiger partial charge in [-0.2, -0.15) is 11.3 Å². The fraction of sp³-hybridized carbons (Fsp3) is 0.333. The highest BCUT2D eigenvalue weighted by Gasteiger charge is 2.31. The Labute approximate surface area is 147 Å². The summed E-state index contributed by atoms with van der Waals surface area (Å²) >= 11 is 1.46. The van der Waals surface area contributed by atoms with Crippen LogP contribution in [0.5, 0.6) is 5.75 Å². The number of hydrogen-bond acceptors (Lipinski definition) is 5. The zero-order valence-corrected chi connectivity index (χ0v) is 14.7. The van der Waals surface area contributed by atoms with E-state index < -0.39 is 27.7 Å². The molecule has 1 unspecified atom stereocenters. The van der Waals surface area contributed by atoms with Crippen LogP contribution in [0.4, 0.5) is 13.2 Å². The Hall–Kier alpha value is -1.62. The van der Waals surface area contributed by atoms with E-state index in [4.69, 9.17) is 0 Å². The van der Waals surface area contributed by atoms with E-state index in [1.54, 1.807) is 0 Å². The molecule has 2 aromatic rings. The van der Waals surface area contributed by atoms with Crippen molar-refractivity contribution in [3.8, 4) is 5.75 Å². The Balaban J connectivity index is 2.01. The Morgan fingerprint density at radius 3 is 2.36 bits per heavy atom. The van der Waals surface area contributed by atoms with Gasteiger partial charge in [-0.05, 0) is 53.6 Å². The van der Waals surface area contributed by atoms with E-state index in [1.807, 2.05) is 16.8 Å². The third kappa shape index (κ3) is 6.31. The molecule has 0 aliphatic carbocycles. The lowest BCUT2D eigenvalue weighted by molar-refractivity contribution is -0.274. The minimum Gasteiger partial charge on any atom is -0.406 e. The summed E-state index contributed by atoms with van der Waals surface area (Å²) < 4.78 is 66.6. The van der Waals surface area contributed by atoms with Gasteiger partial charge < -0.3 is 9.84 Å². The SMILES string of the molecule is CC(O)(CNS(=O)(=O)c1ccc(OC(F)(F)F)cc1)Cc1ccsc1. The first-order valence-corrected chi connectivity index (χ1v) is 9.48. The lowest BCUT2D eigenvalue weighted by atomic mass is 9.99. The number of alkyl halides is 3. The standard InChI is InChI=1S/C15H16F3NO4S2/c1-14(20,8-11-6-7-24-9-11)10-19-25(21,22)13-4-2-12(3-5-13)23-15(16,17)18/h2-7,9,19-20H,8,10H2,1H3. The summed E-state index contributed by atoms with van der Waals surface area (Å²) in [5.74, 6) is -0.518. The molecule has 10 heteroatoms. The van der Waals surface area contributed by atoms with Crippen LogP contribution in [0.25, 0.3) is 0 Å². The molecule has 0 amide bonds. The largest absolute Gasteiger partial charge is 0.573 e. The van der Waals surface area contributed by atoms with Gasteiger partial charge in [-0.1, -0.05) is 0 Å². The zero-order valence-electron chi connectivity index (χ0n) is 13.1. The lowest BCUT2D eigenvalue weighted by Gasteiger charge is -2.23. The van der Waals surface area contributed by atoms with Gasteiger partial charge in [0.2, 0.25) is 10.0 Å². The summed E-state index contributed by atoms with van der Waals surface area (Å²) in [4.78, 5) is -0.228. The summed E-state index contributed by atoms with van der Waals surface area (Å²) in [6.07, 6.45) is -4.59. The smallest absolute Gasteiger partial charge is 0.406 e. The van der Waals surface area contributed by atoms with Crippen molar-refractivity contribution in [3.63, 3.8) is 0 Å². The summed E-state index contributed by atoms with van der Waals surface area (Å²) in [6.45, 7) is 1.25. The Morgan fingerprint density at radius 2 is 1.84 bits per heavy atom. The summed E-state index contributed by atoms with van der Waals surface area (Å²) in [6, 6.07) is 5.64. The number of aliphatic hydroxyl groups is 1. The van der Waals surface area contributed by atoms with E-state index in [0.29, 0.717) is 0 Å². The minimum absolute atomic E-state index is 0.228. The van der Waals surface area contributed by atoms with Crippen LogP contribution in [-0.2, 0) is 16.4 Å². The second-order valence-electron chi connectivity index (χ2n) is 5.65. The van der Waals surface area contributed by atoms with Crippen molar-refractivity contribution >= 4 is 21.4 Å². The molecule has 5 nitrogen and oxygen atoms in total.